The molecule has 0 aromatic carbocycles. The first-order valence-corrected chi connectivity index (χ1v) is 9.24. The number of halogens is 1. The molecule has 0 unspecified atom stereocenters. The lowest BCUT2D eigenvalue weighted by Crippen LogP contribution is -2.41. The van der Waals surface area contributed by atoms with Crippen molar-refractivity contribution in [3.63, 3.8) is 0 Å². The SMILES string of the molecule is Cc1c(NC(=O)c2c(NC(=O)C(C)(C)n3cc(Br)cn3)cnn2C)cnn1C. The molecule has 2 N–H and O–H groups in total. The van der Waals surface area contributed by atoms with Crippen LogP contribution in [0, 0.1) is 6.92 Å². The molecule has 0 aliphatic carbocycles. The van der Waals surface area contributed by atoms with Gasteiger partial charge in [-0.05, 0) is 36.7 Å². The Balaban J connectivity index is 1.83. The van der Waals surface area contributed by atoms with Crippen LogP contribution in [-0.2, 0) is 24.4 Å². The second-order valence-electron chi connectivity index (χ2n) is 6.87. The van der Waals surface area contributed by atoms with Crippen LogP contribution < -0.4 is 10.6 Å². The zero-order valence-corrected chi connectivity index (χ0v) is 17.8. The number of aromatic nitrogens is 6. The van der Waals surface area contributed by atoms with E-state index in [1.54, 1.807) is 55.9 Å². The lowest BCUT2D eigenvalue weighted by Gasteiger charge is -2.24. The van der Waals surface area contributed by atoms with Crippen LogP contribution in [0.5, 0.6) is 0 Å². The van der Waals surface area contributed by atoms with Crippen LogP contribution in [0.2, 0.25) is 0 Å². The first-order valence-electron chi connectivity index (χ1n) is 8.45. The summed E-state index contributed by atoms with van der Waals surface area (Å²) in [5, 5.41) is 18.0. The molecule has 3 aromatic rings. The minimum absolute atomic E-state index is 0.231. The monoisotopic (exact) mass is 448 g/mol. The van der Waals surface area contributed by atoms with Crippen molar-refractivity contribution in [1.29, 1.82) is 0 Å². The topological polar surface area (TPSA) is 112 Å². The summed E-state index contributed by atoms with van der Waals surface area (Å²) in [5.41, 5.74) is 0.967. The van der Waals surface area contributed by atoms with Gasteiger partial charge in [-0.25, -0.2) is 0 Å². The van der Waals surface area contributed by atoms with E-state index in [9.17, 15) is 9.59 Å². The number of nitrogens with zero attached hydrogens (tertiary/aromatic N) is 6. The highest BCUT2D eigenvalue weighted by atomic mass is 79.9. The summed E-state index contributed by atoms with van der Waals surface area (Å²) in [6.07, 6.45) is 6.33. The number of carbonyl (C=O) groups is 2. The van der Waals surface area contributed by atoms with Gasteiger partial charge in [0.05, 0.1) is 40.1 Å². The standard InChI is InChI=1S/C17H21BrN8O2/c1-10-12(7-19-24(10)4)22-15(27)14-13(8-20-25(14)5)23-16(28)17(2,3)26-9-11(18)6-21-26/h6-9H,1-5H3,(H,22,27)(H,23,28). The van der Waals surface area contributed by atoms with Crippen LogP contribution in [0.4, 0.5) is 11.4 Å². The van der Waals surface area contributed by atoms with Crippen molar-refractivity contribution in [3.05, 3.63) is 40.6 Å². The molecule has 3 heterocycles. The summed E-state index contributed by atoms with van der Waals surface area (Å²) in [4.78, 5) is 25.7. The normalized spacial score (nSPS) is 11.5. The summed E-state index contributed by atoms with van der Waals surface area (Å²) >= 11 is 3.33. The Morgan fingerprint density at radius 1 is 1.00 bits per heavy atom. The van der Waals surface area contributed by atoms with E-state index in [0.29, 0.717) is 11.4 Å². The predicted molar refractivity (Wildman–Crippen MR) is 107 cm³/mol. The van der Waals surface area contributed by atoms with E-state index in [-0.39, 0.29) is 11.6 Å². The second-order valence-corrected chi connectivity index (χ2v) is 7.78. The molecule has 3 aromatic heterocycles. The summed E-state index contributed by atoms with van der Waals surface area (Å²) in [6.45, 7) is 5.31. The van der Waals surface area contributed by atoms with Gasteiger partial charge in [0.15, 0.2) is 0 Å². The Kier molecular flexibility index (Phi) is 5.11. The number of anilines is 2. The molecule has 0 bridgehead atoms. The Hall–Kier alpha value is -2.95. The summed E-state index contributed by atoms with van der Waals surface area (Å²) in [6, 6.07) is 0. The molecule has 148 valence electrons. The van der Waals surface area contributed by atoms with Crippen molar-refractivity contribution in [3.8, 4) is 0 Å². The van der Waals surface area contributed by atoms with Crippen LogP contribution >= 0.6 is 15.9 Å². The van der Waals surface area contributed by atoms with Crippen LogP contribution in [0.1, 0.15) is 30.0 Å². The van der Waals surface area contributed by atoms with Crippen molar-refractivity contribution < 1.29 is 9.59 Å². The Labute approximate surface area is 170 Å². The van der Waals surface area contributed by atoms with Crippen LogP contribution in [-0.4, -0.2) is 41.2 Å². The van der Waals surface area contributed by atoms with Gasteiger partial charge in [0.2, 0.25) is 0 Å². The van der Waals surface area contributed by atoms with E-state index in [1.165, 1.54) is 10.9 Å². The van der Waals surface area contributed by atoms with Crippen molar-refractivity contribution in [2.75, 3.05) is 10.6 Å². The largest absolute Gasteiger partial charge is 0.321 e. The van der Waals surface area contributed by atoms with E-state index >= 15 is 0 Å². The summed E-state index contributed by atoms with van der Waals surface area (Å²) in [5.74, 6) is -0.728. The van der Waals surface area contributed by atoms with Crippen molar-refractivity contribution >= 4 is 39.1 Å². The van der Waals surface area contributed by atoms with Crippen molar-refractivity contribution in [2.45, 2.75) is 26.3 Å². The lowest BCUT2D eigenvalue weighted by atomic mass is 10.0. The molecular weight excluding hydrogens is 428 g/mol. The third kappa shape index (κ3) is 3.57. The van der Waals surface area contributed by atoms with E-state index in [4.69, 9.17) is 0 Å². The molecule has 2 amide bonds. The number of nitrogens with one attached hydrogen (secondary N) is 2. The zero-order valence-electron chi connectivity index (χ0n) is 16.2. The minimum atomic E-state index is -0.977. The first-order chi connectivity index (χ1) is 13.1. The van der Waals surface area contributed by atoms with Gasteiger partial charge in [-0.1, -0.05) is 0 Å². The number of aryl methyl sites for hydroxylation is 2. The number of amides is 2. The highest BCUT2D eigenvalue weighted by Gasteiger charge is 2.32. The fourth-order valence-corrected chi connectivity index (χ4v) is 2.87. The van der Waals surface area contributed by atoms with Gasteiger partial charge in [0, 0.05) is 20.3 Å². The quantitative estimate of drug-likeness (QED) is 0.620. The average molecular weight is 449 g/mol. The number of rotatable bonds is 5. The van der Waals surface area contributed by atoms with Crippen LogP contribution in [0.25, 0.3) is 0 Å². The molecule has 0 radical (unpaired) electrons. The Morgan fingerprint density at radius 3 is 2.21 bits per heavy atom. The molecule has 3 rings (SSSR count). The highest BCUT2D eigenvalue weighted by molar-refractivity contribution is 9.10. The van der Waals surface area contributed by atoms with E-state index in [1.807, 2.05) is 6.92 Å². The molecule has 0 aliphatic heterocycles. The lowest BCUT2D eigenvalue weighted by molar-refractivity contribution is -0.123. The number of hydrogen-bond acceptors (Lipinski definition) is 5. The van der Waals surface area contributed by atoms with E-state index in [2.05, 4.69) is 41.9 Å². The van der Waals surface area contributed by atoms with Crippen molar-refractivity contribution in [1.82, 2.24) is 29.3 Å². The van der Waals surface area contributed by atoms with Gasteiger partial charge in [-0.15, -0.1) is 0 Å². The Bertz CT molecular complexity index is 1050. The van der Waals surface area contributed by atoms with Crippen LogP contribution in [0.15, 0.2) is 29.3 Å². The number of carbonyl (C=O) groups excluding carboxylic acids is 2. The predicted octanol–water partition coefficient (Wildman–Crippen LogP) is 2.05. The summed E-state index contributed by atoms with van der Waals surface area (Å²) < 4.78 is 5.38. The summed E-state index contributed by atoms with van der Waals surface area (Å²) in [7, 11) is 3.42. The number of hydrogen-bond donors (Lipinski definition) is 2. The molecule has 0 spiro atoms. The van der Waals surface area contributed by atoms with Gasteiger partial charge in [-0.3, -0.25) is 23.6 Å². The molecule has 0 aliphatic rings. The van der Waals surface area contributed by atoms with Gasteiger partial charge >= 0.3 is 0 Å². The maximum atomic E-state index is 12.9. The molecule has 28 heavy (non-hydrogen) atoms. The maximum Gasteiger partial charge on any atom is 0.276 e. The third-order valence-corrected chi connectivity index (χ3v) is 4.97. The third-order valence-electron chi connectivity index (χ3n) is 4.56. The smallest absolute Gasteiger partial charge is 0.276 e. The molecule has 0 atom stereocenters. The van der Waals surface area contributed by atoms with Gasteiger partial charge in [0.25, 0.3) is 11.8 Å². The molecule has 0 saturated heterocycles. The zero-order chi connectivity index (χ0) is 20.6. The van der Waals surface area contributed by atoms with Gasteiger partial charge < -0.3 is 10.6 Å². The highest BCUT2D eigenvalue weighted by Crippen LogP contribution is 2.23. The molecule has 11 heteroatoms. The second kappa shape index (κ2) is 7.23. The maximum absolute atomic E-state index is 12.9. The average Bonchev–Trinajstić information content (AvgIpc) is 3.31. The molecule has 10 nitrogen and oxygen atoms in total. The molecule has 0 fully saturated rings. The molecular formula is C17H21BrN8O2. The minimum Gasteiger partial charge on any atom is -0.321 e. The van der Waals surface area contributed by atoms with Gasteiger partial charge in [-0.2, -0.15) is 15.3 Å². The fraction of sp³-hybridized carbons (Fsp3) is 0.353. The van der Waals surface area contributed by atoms with E-state index < -0.39 is 11.4 Å². The van der Waals surface area contributed by atoms with E-state index in [0.717, 1.165) is 10.2 Å². The molecule has 0 saturated carbocycles. The van der Waals surface area contributed by atoms with Gasteiger partial charge in [0.1, 0.15) is 11.2 Å². The van der Waals surface area contributed by atoms with Crippen molar-refractivity contribution in [2.24, 2.45) is 14.1 Å². The first kappa shape index (κ1) is 19.8. The fourth-order valence-electron chi connectivity index (χ4n) is 2.59. The Morgan fingerprint density at radius 2 is 1.64 bits per heavy atom. The van der Waals surface area contributed by atoms with Crippen LogP contribution in [0.3, 0.4) is 0 Å².